The Bertz CT molecular complexity index is 186. The molecule has 0 aliphatic rings. The van der Waals surface area contributed by atoms with E-state index in [1.807, 2.05) is 7.05 Å². The molecule has 0 rings (SSSR count). The van der Waals surface area contributed by atoms with Gasteiger partial charge in [0.1, 0.15) is 5.54 Å². The lowest BCUT2D eigenvalue weighted by atomic mass is 10.0. The molecule has 0 spiro atoms. The molecule has 1 unspecified atom stereocenters. The Balaban J connectivity index is 3.54. The molecule has 4 heteroatoms. The Hall–Kier alpha value is -0.630. The predicted molar refractivity (Wildman–Crippen MR) is 56.8 cm³/mol. The summed E-state index contributed by atoms with van der Waals surface area (Å²) in [6.07, 6.45) is 1.72. The third-order valence-electron chi connectivity index (χ3n) is 2.16. The van der Waals surface area contributed by atoms with Gasteiger partial charge in [-0.15, -0.1) is 0 Å². The summed E-state index contributed by atoms with van der Waals surface area (Å²) >= 11 is 0. The topological polar surface area (TPSA) is 62.3 Å². The highest BCUT2D eigenvalue weighted by Gasteiger charge is 2.17. The van der Waals surface area contributed by atoms with Crippen LogP contribution in [0.4, 0.5) is 0 Å². The Kier molecular flexibility index (Phi) is 6.46. The van der Waals surface area contributed by atoms with Gasteiger partial charge in [-0.1, -0.05) is 0 Å². The maximum Gasteiger partial charge on any atom is 0.102 e. The third-order valence-corrected chi connectivity index (χ3v) is 2.16. The summed E-state index contributed by atoms with van der Waals surface area (Å²) in [5.74, 6) is 0. The number of hydrogen-bond donors (Lipinski definition) is 1. The molecule has 0 radical (unpaired) electrons. The molecule has 1 atom stereocenters. The second-order valence-corrected chi connectivity index (χ2v) is 3.93. The van der Waals surface area contributed by atoms with Crippen LogP contribution in [-0.2, 0) is 4.74 Å². The van der Waals surface area contributed by atoms with Gasteiger partial charge in [0, 0.05) is 26.8 Å². The maximum absolute atomic E-state index is 8.71. The van der Waals surface area contributed by atoms with E-state index in [4.69, 9.17) is 15.7 Å². The van der Waals surface area contributed by atoms with Crippen LogP contribution in [0.5, 0.6) is 0 Å². The molecule has 0 aromatic carbocycles. The van der Waals surface area contributed by atoms with Crippen molar-refractivity contribution in [2.24, 2.45) is 5.73 Å². The molecule has 0 heterocycles. The fraction of sp³-hybridized carbons (Fsp3) is 0.900. The number of hydrogen-bond acceptors (Lipinski definition) is 4. The van der Waals surface area contributed by atoms with Crippen molar-refractivity contribution in [2.75, 3.05) is 33.9 Å². The van der Waals surface area contributed by atoms with Gasteiger partial charge >= 0.3 is 0 Å². The number of nitrogens with two attached hydrogens (primary N) is 1. The minimum absolute atomic E-state index is 0.699. The zero-order valence-electron chi connectivity index (χ0n) is 9.42. The minimum atomic E-state index is -0.699. The first-order valence-electron chi connectivity index (χ1n) is 4.89. The second-order valence-electron chi connectivity index (χ2n) is 3.93. The van der Waals surface area contributed by atoms with E-state index in [0.717, 1.165) is 26.1 Å². The van der Waals surface area contributed by atoms with Crippen LogP contribution in [0.2, 0.25) is 0 Å². The summed E-state index contributed by atoms with van der Waals surface area (Å²) in [4.78, 5) is 2.17. The van der Waals surface area contributed by atoms with Crippen molar-refractivity contribution < 1.29 is 4.74 Å². The fourth-order valence-corrected chi connectivity index (χ4v) is 1.07. The minimum Gasteiger partial charge on any atom is -0.385 e. The number of methoxy groups -OCH3 is 1. The van der Waals surface area contributed by atoms with E-state index < -0.39 is 5.54 Å². The first kappa shape index (κ1) is 13.4. The molecule has 0 bridgehead atoms. The lowest BCUT2D eigenvalue weighted by Gasteiger charge is -2.21. The molecule has 0 saturated carbocycles. The van der Waals surface area contributed by atoms with E-state index in [-0.39, 0.29) is 0 Å². The largest absolute Gasteiger partial charge is 0.385 e. The number of rotatable bonds is 7. The fourth-order valence-electron chi connectivity index (χ4n) is 1.07. The van der Waals surface area contributed by atoms with Crippen LogP contribution in [0.25, 0.3) is 0 Å². The summed E-state index contributed by atoms with van der Waals surface area (Å²) < 4.78 is 4.96. The van der Waals surface area contributed by atoms with Crippen molar-refractivity contribution in [2.45, 2.75) is 25.3 Å². The van der Waals surface area contributed by atoms with E-state index in [1.165, 1.54) is 0 Å². The van der Waals surface area contributed by atoms with Crippen molar-refractivity contribution in [3.05, 3.63) is 0 Å². The quantitative estimate of drug-likeness (QED) is 0.609. The standard InChI is InChI=1S/C10H21N3O/c1-10(12,9-11)5-7-13(2)6-4-8-14-3/h4-8,12H2,1-3H3. The summed E-state index contributed by atoms with van der Waals surface area (Å²) in [5, 5.41) is 8.71. The Morgan fingerprint density at radius 3 is 2.64 bits per heavy atom. The lowest BCUT2D eigenvalue weighted by Crippen LogP contribution is -2.38. The Morgan fingerprint density at radius 2 is 2.14 bits per heavy atom. The molecular weight excluding hydrogens is 178 g/mol. The van der Waals surface area contributed by atoms with Gasteiger partial charge in [0.15, 0.2) is 0 Å². The van der Waals surface area contributed by atoms with Gasteiger partial charge < -0.3 is 15.4 Å². The average Bonchev–Trinajstić information content (AvgIpc) is 2.16. The van der Waals surface area contributed by atoms with Crippen LogP contribution in [0, 0.1) is 11.3 Å². The highest BCUT2D eigenvalue weighted by Crippen LogP contribution is 2.04. The molecule has 0 amide bonds. The average molecular weight is 199 g/mol. The van der Waals surface area contributed by atoms with Crippen LogP contribution in [0.3, 0.4) is 0 Å². The van der Waals surface area contributed by atoms with Gasteiger partial charge in [0.2, 0.25) is 0 Å². The highest BCUT2D eigenvalue weighted by atomic mass is 16.5. The first-order chi connectivity index (χ1) is 6.52. The van der Waals surface area contributed by atoms with Gasteiger partial charge in [-0.3, -0.25) is 0 Å². The maximum atomic E-state index is 8.71. The highest BCUT2D eigenvalue weighted by molar-refractivity contribution is 5.00. The SMILES string of the molecule is COCCCN(C)CCC(C)(N)C#N. The first-order valence-corrected chi connectivity index (χ1v) is 4.89. The number of nitrogens with zero attached hydrogens (tertiary/aromatic N) is 2. The molecule has 0 aliphatic carbocycles. The molecule has 4 nitrogen and oxygen atoms in total. The normalized spacial score (nSPS) is 15.1. The second kappa shape index (κ2) is 6.77. The van der Waals surface area contributed by atoms with E-state index in [2.05, 4.69) is 11.0 Å². The summed E-state index contributed by atoms with van der Waals surface area (Å²) in [6, 6.07) is 2.09. The summed E-state index contributed by atoms with van der Waals surface area (Å²) in [6.45, 7) is 4.37. The van der Waals surface area contributed by atoms with Crippen molar-refractivity contribution in [1.82, 2.24) is 4.90 Å². The molecule has 0 fully saturated rings. The Labute approximate surface area is 86.6 Å². The van der Waals surface area contributed by atoms with E-state index in [9.17, 15) is 0 Å². The van der Waals surface area contributed by atoms with Crippen LogP contribution in [-0.4, -0.2) is 44.3 Å². The van der Waals surface area contributed by atoms with Crippen molar-refractivity contribution in [3.8, 4) is 6.07 Å². The smallest absolute Gasteiger partial charge is 0.102 e. The predicted octanol–water partition coefficient (Wildman–Crippen LogP) is 0.586. The Morgan fingerprint density at radius 1 is 1.50 bits per heavy atom. The van der Waals surface area contributed by atoms with Crippen LogP contribution in [0.1, 0.15) is 19.8 Å². The molecule has 82 valence electrons. The molecular formula is C10H21N3O. The van der Waals surface area contributed by atoms with Crippen molar-refractivity contribution in [1.29, 1.82) is 5.26 Å². The van der Waals surface area contributed by atoms with Gasteiger partial charge in [-0.05, 0) is 26.8 Å². The zero-order chi connectivity index (χ0) is 11.0. The molecule has 2 N–H and O–H groups in total. The van der Waals surface area contributed by atoms with Crippen molar-refractivity contribution in [3.63, 3.8) is 0 Å². The lowest BCUT2D eigenvalue weighted by molar-refractivity contribution is 0.178. The molecule has 0 aromatic rings. The molecule has 0 aromatic heterocycles. The monoisotopic (exact) mass is 199 g/mol. The summed E-state index contributed by atoms with van der Waals surface area (Å²) in [5.41, 5.74) is 5.01. The van der Waals surface area contributed by atoms with Crippen LogP contribution in [0.15, 0.2) is 0 Å². The molecule has 0 saturated heterocycles. The van der Waals surface area contributed by atoms with Gasteiger partial charge in [-0.25, -0.2) is 0 Å². The zero-order valence-corrected chi connectivity index (χ0v) is 9.42. The third kappa shape index (κ3) is 6.84. The van der Waals surface area contributed by atoms with E-state index >= 15 is 0 Å². The van der Waals surface area contributed by atoms with Gasteiger partial charge in [0.25, 0.3) is 0 Å². The van der Waals surface area contributed by atoms with Gasteiger partial charge in [-0.2, -0.15) is 5.26 Å². The summed E-state index contributed by atoms with van der Waals surface area (Å²) in [7, 11) is 3.73. The molecule has 0 aliphatic heterocycles. The van der Waals surface area contributed by atoms with Gasteiger partial charge in [0.05, 0.1) is 6.07 Å². The van der Waals surface area contributed by atoms with E-state index in [1.54, 1.807) is 14.0 Å². The van der Waals surface area contributed by atoms with Crippen LogP contribution >= 0.6 is 0 Å². The van der Waals surface area contributed by atoms with Crippen LogP contribution < -0.4 is 5.73 Å². The number of ether oxygens (including phenoxy) is 1. The molecule has 14 heavy (non-hydrogen) atoms. The number of nitriles is 1. The van der Waals surface area contributed by atoms with E-state index in [0.29, 0.717) is 6.42 Å². The van der Waals surface area contributed by atoms with Crippen molar-refractivity contribution >= 4 is 0 Å².